The molecule has 0 aliphatic carbocycles. The molecule has 0 aliphatic rings. The molecule has 0 saturated heterocycles. The van der Waals surface area contributed by atoms with Crippen LogP contribution in [0.2, 0.25) is 0 Å². The van der Waals surface area contributed by atoms with Gasteiger partial charge in [-0.3, -0.25) is 0 Å². The van der Waals surface area contributed by atoms with Gasteiger partial charge in [0.1, 0.15) is 11.5 Å². The van der Waals surface area contributed by atoms with Gasteiger partial charge in [0.05, 0.1) is 0 Å². The van der Waals surface area contributed by atoms with Crippen LogP contribution in [0.25, 0.3) is 10.8 Å². The summed E-state index contributed by atoms with van der Waals surface area (Å²) in [6.45, 7) is 1.98. The fourth-order valence-corrected chi connectivity index (χ4v) is 2.36. The maximum Gasteiger partial charge on any atom is 0.349 e. The second-order valence-corrected chi connectivity index (χ2v) is 5.27. The molecule has 0 aliphatic heterocycles. The highest BCUT2D eigenvalue weighted by atomic mass is 16.6. The average molecular weight is 306 g/mol. The van der Waals surface area contributed by atoms with Crippen molar-refractivity contribution in [1.82, 2.24) is 0 Å². The van der Waals surface area contributed by atoms with Crippen LogP contribution in [0.4, 0.5) is 0 Å². The van der Waals surface area contributed by atoms with E-state index >= 15 is 0 Å². The predicted octanol–water partition coefficient (Wildman–Crippen LogP) is 4.39. The SMILES string of the molecule is CCc1ccc(OCC(=O)Oc2ccc3ccccc3c2)cc1. The smallest absolute Gasteiger partial charge is 0.349 e. The van der Waals surface area contributed by atoms with Crippen molar-refractivity contribution in [3.05, 3.63) is 72.3 Å². The number of esters is 1. The van der Waals surface area contributed by atoms with Gasteiger partial charge in [-0.15, -0.1) is 0 Å². The van der Waals surface area contributed by atoms with Gasteiger partial charge in [-0.1, -0.05) is 49.4 Å². The molecule has 0 heterocycles. The summed E-state index contributed by atoms with van der Waals surface area (Å²) in [7, 11) is 0. The molecule has 0 N–H and O–H groups in total. The molecule has 0 radical (unpaired) electrons. The van der Waals surface area contributed by atoms with E-state index in [9.17, 15) is 4.79 Å². The van der Waals surface area contributed by atoms with Gasteiger partial charge in [0.25, 0.3) is 0 Å². The number of rotatable bonds is 5. The maximum absolute atomic E-state index is 11.9. The highest BCUT2D eigenvalue weighted by Crippen LogP contribution is 2.20. The second kappa shape index (κ2) is 6.97. The summed E-state index contributed by atoms with van der Waals surface area (Å²) in [6.07, 6.45) is 0.976. The number of carbonyl (C=O) groups is 1. The van der Waals surface area contributed by atoms with Crippen molar-refractivity contribution >= 4 is 16.7 Å². The number of hydrogen-bond donors (Lipinski definition) is 0. The monoisotopic (exact) mass is 306 g/mol. The van der Waals surface area contributed by atoms with Crippen molar-refractivity contribution < 1.29 is 14.3 Å². The Morgan fingerprint density at radius 3 is 2.30 bits per heavy atom. The zero-order chi connectivity index (χ0) is 16.1. The standard InChI is InChI=1S/C20H18O3/c1-2-15-7-10-18(11-8-15)22-14-20(21)23-19-12-9-16-5-3-4-6-17(16)13-19/h3-13H,2,14H2,1H3. The molecular weight excluding hydrogens is 288 g/mol. The van der Waals surface area contributed by atoms with Crippen LogP contribution < -0.4 is 9.47 Å². The van der Waals surface area contributed by atoms with Crippen LogP contribution in [-0.2, 0) is 11.2 Å². The van der Waals surface area contributed by atoms with E-state index in [-0.39, 0.29) is 6.61 Å². The number of hydrogen-bond acceptors (Lipinski definition) is 3. The van der Waals surface area contributed by atoms with Gasteiger partial charge < -0.3 is 9.47 Å². The molecule has 0 atom stereocenters. The fourth-order valence-electron chi connectivity index (χ4n) is 2.36. The first kappa shape index (κ1) is 15.1. The largest absolute Gasteiger partial charge is 0.482 e. The molecule has 0 spiro atoms. The van der Waals surface area contributed by atoms with E-state index < -0.39 is 5.97 Å². The Bertz CT molecular complexity index is 806. The fraction of sp³-hybridized carbons (Fsp3) is 0.150. The summed E-state index contributed by atoms with van der Waals surface area (Å²) in [4.78, 5) is 11.9. The molecule has 3 aromatic rings. The molecule has 116 valence electrons. The van der Waals surface area contributed by atoms with Gasteiger partial charge in [-0.25, -0.2) is 4.79 Å². The molecular formula is C20H18O3. The molecule has 23 heavy (non-hydrogen) atoms. The Balaban J connectivity index is 1.59. The third-order valence-corrected chi connectivity index (χ3v) is 3.64. The summed E-state index contributed by atoms with van der Waals surface area (Å²) < 4.78 is 10.8. The molecule has 0 fully saturated rings. The van der Waals surface area contributed by atoms with E-state index in [1.807, 2.05) is 60.7 Å². The summed E-state index contributed by atoms with van der Waals surface area (Å²) in [5.41, 5.74) is 1.23. The van der Waals surface area contributed by atoms with Gasteiger partial charge in [0.15, 0.2) is 6.61 Å². The summed E-state index contributed by atoms with van der Waals surface area (Å²) >= 11 is 0. The molecule has 0 unspecified atom stereocenters. The Morgan fingerprint density at radius 1 is 0.870 bits per heavy atom. The third-order valence-electron chi connectivity index (χ3n) is 3.64. The molecule has 3 nitrogen and oxygen atoms in total. The highest BCUT2D eigenvalue weighted by molar-refractivity contribution is 5.84. The first-order valence-corrected chi connectivity index (χ1v) is 7.66. The van der Waals surface area contributed by atoms with Crippen LogP contribution in [0.5, 0.6) is 11.5 Å². The van der Waals surface area contributed by atoms with E-state index in [0.717, 1.165) is 17.2 Å². The lowest BCUT2D eigenvalue weighted by Gasteiger charge is -2.08. The number of aryl methyl sites for hydroxylation is 1. The number of benzene rings is 3. The lowest BCUT2D eigenvalue weighted by Crippen LogP contribution is -2.17. The number of carbonyl (C=O) groups excluding carboxylic acids is 1. The molecule has 0 saturated carbocycles. The minimum Gasteiger partial charge on any atom is -0.482 e. The van der Waals surface area contributed by atoms with Crippen LogP contribution in [0.15, 0.2) is 66.7 Å². The van der Waals surface area contributed by atoms with Crippen molar-refractivity contribution in [3.63, 3.8) is 0 Å². The zero-order valence-electron chi connectivity index (χ0n) is 13.0. The molecule has 0 amide bonds. The zero-order valence-corrected chi connectivity index (χ0v) is 13.0. The van der Waals surface area contributed by atoms with Crippen molar-refractivity contribution in [2.75, 3.05) is 6.61 Å². The van der Waals surface area contributed by atoms with Crippen LogP contribution in [0, 0.1) is 0 Å². The highest BCUT2D eigenvalue weighted by Gasteiger charge is 2.07. The number of fused-ring (bicyclic) bond motifs is 1. The maximum atomic E-state index is 11.9. The van der Waals surface area contributed by atoms with Gasteiger partial charge in [0, 0.05) is 0 Å². The van der Waals surface area contributed by atoms with Gasteiger partial charge >= 0.3 is 5.97 Å². The summed E-state index contributed by atoms with van der Waals surface area (Å²) in [6, 6.07) is 21.2. The summed E-state index contributed by atoms with van der Waals surface area (Å²) in [5, 5.41) is 2.15. The third kappa shape index (κ3) is 3.89. The van der Waals surface area contributed by atoms with Crippen molar-refractivity contribution in [2.45, 2.75) is 13.3 Å². The summed E-state index contributed by atoms with van der Waals surface area (Å²) in [5.74, 6) is 0.774. The minimum absolute atomic E-state index is 0.113. The van der Waals surface area contributed by atoms with Crippen LogP contribution >= 0.6 is 0 Å². The van der Waals surface area contributed by atoms with Gasteiger partial charge in [-0.05, 0) is 47.0 Å². The quantitative estimate of drug-likeness (QED) is 0.518. The van der Waals surface area contributed by atoms with E-state index in [4.69, 9.17) is 9.47 Å². The van der Waals surface area contributed by atoms with Gasteiger partial charge in [0.2, 0.25) is 0 Å². The van der Waals surface area contributed by atoms with Crippen LogP contribution in [-0.4, -0.2) is 12.6 Å². The Hall–Kier alpha value is -2.81. The van der Waals surface area contributed by atoms with E-state index in [0.29, 0.717) is 11.5 Å². The average Bonchev–Trinajstić information content (AvgIpc) is 2.60. The second-order valence-electron chi connectivity index (χ2n) is 5.27. The Kier molecular flexibility index (Phi) is 4.57. The van der Waals surface area contributed by atoms with E-state index in [1.165, 1.54) is 5.56 Å². The molecule has 0 bridgehead atoms. The molecule has 3 heteroatoms. The molecule has 3 rings (SSSR count). The topological polar surface area (TPSA) is 35.5 Å². The van der Waals surface area contributed by atoms with Crippen LogP contribution in [0.3, 0.4) is 0 Å². The Morgan fingerprint density at radius 2 is 1.57 bits per heavy atom. The normalized spacial score (nSPS) is 10.5. The van der Waals surface area contributed by atoms with Crippen LogP contribution in [0.1, 0.15) is 12.5 Å². The van der Waals surface area contributed by atoms with Crippen molar-refractivity contribution in [2.24, 2.45) is 0 Å². The first-order valence-electron chi connectivity index (χ1n) is 7.66. The lowest BCUT2D eigenvalue weighted by atomic mass is 10.1. The Labute approximate surface area is 135 Å². The minimum atomic E-state index is -0.417. The first-order chi connectivity index (χ1) is 11.2. The molecule has 0 aromatic heterocycles. The van der Waals surface area contributed by atoms with Crippen molar-refractivity contribution in [3.8, 4) is 11.5 Å². The number of ether oxygens (including phenoxy) is 2. The lowest BCUT2D eigenvalue weighted by molar-refractivity contribution is -0.136. The van der Waals surface area contributed by atoms with Gasteiger partial charge in [-0.2, -0.15) is 0 Å². The van der Waals surface area contributed by atoms with E-state index in [1.54, 1.807) is 6.07 Å². The molecule has 3 aromatic carbocycles. The van der Waals surface area contributed by atoms with Crippen molar-refractivity contribution in [1.29, 1.82) is 0 Å². The predicted molar refractivity (Wildman–Crippen MR) is 90.9 cm³/mol. The van der Waals surface area contributed by atoms with E-state index in [2.05, 4.69) is 6.92 Å².